The van der Waals surface area contributed by atoms with Gasteiger partial charge >= 0.3 is 0 Å². The van der Waals surface area contributed by atoms with Crippen molar-refractivity contribution in [3.63, 3.8) is 0 Å². The molecular formula is C9H11ClN4S. The molecule has 1 aliphatic rings. The predicted octanol–water partition coefficient (Wildman–Crippen LogP) is 1.82. The molecule has 0 bridgehead atoms. The molecule has 1 aromatic rings. The van der Waals surface area contributed by atoms with Crippen molar-refractivity contribution in [1.29, 1.82) is 5.26 Å². The Kier molecular flexibility index (Phi) is 3.10. The molecule has 0 amide bonds. The lowest BCUT2D eigenvalue weighted by molar-refractivity contribution is 0.621. The lowest BCUT2D eigenvalue weighted by atomic mass is 10.2. The van der Waals surface area contributed by atoms with E-state index in [9.17, 15) is 0 Å². The number of nitrogens with two attached hydrogens (primary N) is 1. The Morgan fingerprint density at radius 2 is 2.47 bits per heavy atom. The van der Waals surface area contributed by atoms with Crippen LogP contribution >= 0.6 is 22.9 Å². The largest absolute Gasteiger partial charge is 0.360 e. The van der Waals surface area contributed by atoms with E-state index in [1.54, 1.807) is 0 Å². The molecular weight excluding hydrogens is 232 g/mol. The van der Waals surface area contributed by atoms with E-state index in [1.165, 1.54) is 24.2 Å². The first-order valence-electron chi connectivity index (χ1n) is 4.76. The number of rotatable bonds is 4. The zero-order valence-corrected chi connectivity index (χ0v) is 9.61. The fourth-order valence-electron chi connectivity index (χ4n) is 1.34. The number of hydrogen-bond donors (Lipinski definition) is 2. The zero-order valence-electron chi connectivity index (χ0n) is 8.03. The molecule has 4 nitrogen and oxygen atoms in total. The maximum absolute atomic E-state index is 8.69. The van der Waals surface area contributed by atoms with Crippen LogP contribution in [0.15, 0.2) is 0 Å². The van der Waals surface area contributed by atoms with E-state index in [4.69, 9.17) is 22.6 Å². The fourth-order valence-corrected chi connectivity index (χ4v) is 2.30. The lowest BCUT2D eigenvalue weighted by Gasteiger charge is -2.09. The van der Waals surface area contributed by atoms with Gasteiger partial charge in [-0.3, -0.25) is 0 Å². The average molecular weight is 243 g/mol. The Labute approximate surface area is 97.1 Å². The molecule has 1 aromatic heterocycles. The second-order valence-electron chi connectivity index (χ2n) is 3.63. The van der Waals surface area contributed by atoms with Crippen LogP contribution in [0.1, 0.15) is 17.7 Å². The molecule has 80 valence electrons. The van der Waals surface area contributed by atoms with Gasteiger partial charge < -0.3 is 11.1 Å². The van der Waals surface area contributed by atoms with Gasteiger partial charge in [-0.2, -0.15) is 5.26 Å². The number of hydrogen-bond acceptors (Lipinski definition) is 5. The van der Waals surface area contributed by atoms with Crippen LogP contribution in [-0.2, 0) is 0 Å². The summed E-state index contributed by atoms with van der Waals surface area (Å²) in [7, 11) is 0. The molecule has 0 radical (unpaired) electrons. The summed E-state index contributed by atoms with van der Waals surface area (Å²) in [4.78, 5) is 4.47. The third-order valence-corrected chi connectivity index (χ3v) is 3.71. The summed E-state index contributed by atoms with van der Waals surface area (Å²) in [6.07, 6.45) is 2.45. The molecule has 1 atom stereocenters. The lowest BCUT2D eigenvalue weighted by Crippen LogP contribution is -2.30. The van der Waals surface area contributed by atoms with Gasteiger partial charge in [-0.25, -0.2) is 4.98 Å². The van der Waals surface area contributed by atoms with Crippen LogP contribution in [0.3, 0.4) is 0 Å². The van der Waals surface area contributed by atoms with Gasteiger partial charge in [-0.05, 0) is 18.8 Å². The summed E-state index contributed by atoms with van der Waals surface area (Å²) in [5.41, 5.74) is 5.92. The molecule has 1 aliphatic carbocycles. The van der Waals surface area contributed by atoms with E-state index >= 15 is 0 Å². The molecule has 0 aromatic carbocycles. The Balaban J connectivity index is 1.90. The minimum atomic E-state index is 0.179. The molecule has 15 heavy (non-hydrogen) atoms. The summed E-state index contributed by atoms with van der Waals surface area (Å²) in [6, 6.07) is 2.17. The van der Waals surface area contributed by atoms with Gasteiger partial charge in [-0.15, -0.1) is 0 Å². The Bertz CT molecular complexity index is 393. The first kappa shape index (κ1) is 10.7. The van der Waals surface area contributed by atoms with E-state index in [0.717, 1.165) is 0 Å². The van der Waals surface area contributed by atoms with Crippen molar-refractivity contribution in [2.45, 2.75) is 18.9 Å². The SMILES string of the molecule is N#Cc1sc(NCC(N)C2CC2)nc1Cl. The number of nitriles is 1. The Hall–Kier alpha value is -0.830. The number of aromatic nitrogens is 1. The highest BCUT2D eigenvalue weighted by molar-refractivity contribution is 7.16. The minimum absolute atomic E-state index is 0.179. The van der Waals surface area contributed by atoms with E-state index in [0.29, 0.717) is 22.5 Å². The quantitative estimate of drug-likeness (QED) is 0.845. The van der Waals surface area contributed by atoms with Crippen molar-refractivity contribution in [3.8, 4) is 6.07 Å². The van der Waals surface area contributed by atoms with Crippen LogP contribution in [-0.4, -0.2) is 17.6 Å². The van der Waals surface area contributed by atoms with Crippen LogP contribution < -0.4 is 11.1 Å². The minimum Gasteiger partial charge on any atom is -0.360 e. The number of halogens is 1. The van der Waals surface area contributed by atoms with Crippen molar-refractivity contribution in [2.75, 3.05) is 11.9 Å². The topological polar surface area (TPSA) is 74.7 Å². The normalized spacial score (nSPS) is 17.1. The first-order valence-corrected chi connectivity index (χ1v) is 5.96. The van der Waals surface area contributed by atoms with Crippen LogP contribution in [0.2, 0.25) is 5.15 Å². The average Bonchev–Trinajstić information content (AvgIpc) is 3.00. The van der Waals surface area contributed by atoms with Crippen LogP contribution in [0.25, 0.3) is 0 Å². The van der Waals surface area contributed by atoms with Crippen molar-refractivity contribution in [1.82, 2.24) is 4.98 Å². The predicted molar refractivity (Wildman–Crippen MR) is 61.0 cm³/mol. The van der Waals surface area contributed by atoms with Crippen molar-refractivity contribution >= 4 is 28.1 Å². The van der Waals surface area contributed by atoms with E-state index in [-0.39, 0.29) is 11.2 Å². The highest BCUT2D eigenvalue weighted by Gasteiger charge is 2.28. The number of anilines is 1. The summed E-state index contributed by atoms with van der Waals surface area (Å²) in [5.74, 6) is 0.656. The summed E-state index contributed by atoms with van der Waals surface area (Å²) in [6.45, 7) is 0.694. The third kappa shape index (κ3) is 2.59. The fraction of sp³-hybridized carbons (Fsp3) is 0.556. The summed E-state index contributed by atoms with van der Waals surface area (Å²) < 4.78 is 0. The van der Waals surface area contributed by atoms with E-state index < -0.39 is 0 Å². The summed E-state index contributed by atoms with van der Waals surface area (Å²) in [5, 5.41) is 12.7. The van der Waals surface area contributed by atoms with Gasteiger partial charge in [0.05, 0.1) is 0 Å². The molecule has 1 fully saturated rings. The molecule has 1 unspecified atom stereocenters. The van der Waals surface area contributed by atoms with Gasteiger partial charge in [0.15, 0.2) is 10.3 Å². The second kappa shape index (κ2) is 4.35. The summed E-state index contributed by atoms with van der Waals surface area (Å²) >= 11 is 7.00. The highest BCUT2D eigenvalue weighted by atomic mass is 35.5. The van der Waals surface area contributed by atoms with Crippen molar-refractivity contribution in [3.05, 3.63) is 10.0 Å². The molecule has 0 aliphatic heterocycles. The van der Waals surface area contributed by atoms with Gasteiger partial charge in [0.25, 0.3) is 0 Å². The smallest absolute Gasteiger partial charge is 0.185 e. The highest BCUT2D eigenvalue weighted by Crippen LogP contribution is 2.32. The van der Waals surface area contributed by atoms with Crippen LogP contribution in [0.4, 0.5) is 5.13 Å². The molecule has 2 rings (SSSR count). The third-order valence-electron chi connectivity index (χ3n) is 2.40. The van der Waals surface area contributed by atoms with E-state index in [1.807, 2.05) is 6.07 Å². The molecule has 0 spiro atoms. The number of nitrogens with one attached hydrogen (secondary N) is 1. The van der Waals surface area contributed by atoms with Crippen LogP contribution in [0.5, 0.6) is 0 Å². The molecule has 1 heterocycles. The molecule has 6 heteroatoms. The van der Waals surface area contributed by atoms with Gasteiger partial charge in [-0.1, -0.05) is 22.9 Å². The van der Waals surface area contributed by atoms with E-state index in [2.05, 4.69) is 10.3 Å². The Morgan fingerprint density at radius 1 is 1.73 bits per heavy atom. The standard InChI is InChI=1S/C9H11ClN4S/c10-8-7(3-11)15-9(14-8)13-4-6(12)5-1-2-5/h5-6H,1-2,4,12H2,(H,13,14). The Morgan fingerprint density at radius 3 is 3.00 bits per heavy atom. The maximum atomic E-state index is 8.69. The van der Waals surface area contributed by atoms with Gasteiger partial charge in [0.2, 0.25) is 0 Å². The van der Waals surface area contributed by atoms with Crippen LogP contribution in [0, 0.1) is 17.2 Å². The van der Waals surface area contributed by atoms with Gasteiger partial charge in [0, 0.05) is 12.6 Å². The zero-order chi connectivity index (χ0) is 10.8. The molecule has 3 N–H and O–H groups in total. The number of thiazole rings is 1. The monoisotopic (exact) mass is 242 g/mol. The van der Waals surface area contributed by atoms with Crippen molar-refractivity contribution < 1.29 is 0 Å². The molecule has 1 saturated carbocycles. The molecule has 0 saturated heterocycles. The second-order valence-corrected chi connectivity index (χ2v) is 4.99. The number of nitrogens with zero attached hydrogens (tertiary/aromatic N) is 2. The van der Waals surface area contributed by atoms with Gasteiger partial charge in [0.1, 0.15) is 10.9 Å². The maximum Gasteiger partial charge on any atom is 0.185 e. The van der Waals surface area contributed by atoms with Crippen molar-refractivity contribution in [2.24, 2.45) is 11.7 Å². The first-order chi connectivity index (χ1) is 7.20.